The van der Waals surface area contributed by atoms with E-state index in [9.17, 15) is 17.6 Å². The van der Waals surface area contributed by atoms with Gasteiger partial charge in [-0.3, -0.25) is 0 Å². The van der Waals surface area contributed by atoms with Gasteiger partial charge in [0.05, 0.1) is 12.1 Å². The summed E-state index contributed by atoms with van der Waals surface area (Å²) < 4.78 is 57.1. The molecule has 0 aromatic heterocycles. The van der Waals surface area contributed by atoms with Crippen molar-refractivity contribution in [1.82, 2.24) is 10.6 Å². The minimum absolute atomic E-state index is 0.0637. The number of methoxy groups -OCH3 is 1. The van der Waals surface area contributed by atoms with E-state index in [4.69, 9.17) is 4.74 Å². The van der Waals surface area contributed by atoms with Gasteiger partial charge in [0, 0.05) is 26.8 Å². The summed E-state index contributed by atoms with van der Waals surface area (Å²) >= 11 is 0. The van der Waals surface area contributed by atoms with Crippen molar-refractivity contribution in [3.05, 3.63) is 35.1 Å². The van der Waals surface area contributed by atoms with Crippen LogP contribution in [-0.2, 0) is 17.5 Å². The van der Waals surface area contributed by atoms with Crippen LogP contribution < -0.4 is 10.6 Å². The van der Waals surface area contributed by atoms with Crippen LogP contribution in [0.25, 0.3) is 0 Å². The summed E-state index contributed by atoms with van der Waals surface area (Å²) in [6, 6.07) is 2.63. The molecule has 0 aliphatic heterocycles. The molecule has 0 fully saturated rings. The molecule has 0 atom stereocenters. The van der Waals surface area contributed by atoms with Gasteiger partial charge in [-0.05, 0) is 43.9 Å². The van der Waals surface area contributed by atoms with E-state index in [1.807, 2.05) is 6.92 Å². The quantitative estimate of drug-likeness (QED) is 0.304. The van der Waals surface area contributed by atoms with Crippen molar-refractivity contribution in [2.24, 2.45) is 4.99 Å². The Kier molecular flexibility index (Phi) is 9.26. The third-order valence-electron chi connectivity index (χ3n) is 3.45. The van der Waals surface area contributed by atoms with Crippen LogP contribution in [0.4, 0.5) is 17.6 Å². The van der Waals surface area contributed by atoms with E-state index in [0.29, 0.717) is 31.7 Å². The van der Waals surface area contributed by atoms with Gasteiger partial charge >= 0.3 is 6.18 Å². The highest BCUT2D eigenvalue weighted by atomic mass is 19.4. The molecule has 8 heteroatoms. The molecule has 1 aromatic rings. The molecule has 0 spiro atoms. The van der Waals surface area contributed by atoms with Crippen LogP contribution in [0.2, 0.25) is 0 Å². The van der Waals surface area contributed by atoms with Crippen LogP contribution in [-0.4, -0.2) is 32.8 Å². The summed E-state index contributed by atoms with van der Waals surface area (Å²) in [6.45, 7) is 3.64. The molecule has 0 amide bonds. The molecule has 0 unspecified atom stereocenters. The van der Waals surface area contributed by atoms with Gasteiger partial charge in [0.15, 0.2) is 5.96 Å². The number of nitrogens with one attached hydrogen (secondary N) is 2. The van der Waals surface area contributed by atoms with Crippen molar-refractivity contribution in [2.75, 3.05) is 26.8 Å². The third-order valence-corrected chi connectivity index (χ3v) is 3.45. The van der Waals surface area contributed by atoms with E-state index in [1.165, 1.54) is 0 Å². The molecular weight excluding hydrogens is 338 g/mol. The Morgan fingerprint density at radius 3 is 2.56 bits per heavy atom. The number of hydrogen-bond donors (Lipinski definition) is 2. The van der Waals surface area contributed by atoms with Crippen LogP contribution in [0.5, 0.6) is 0 Å². The van der Waals surface area contributed by atoms with Gasteiger partial charge in [-0.2, -0.15) is 13.2 Å². The van der Waals surface area contributed by atoms with E-state index in [1.54, 1.807) is 7.11 Å². The van der Waals surface area contributed by atoms with Gasteiger partial charge in [0.1, 0.15) is 5.82 Å². The Labute approximate surface area is 145 Å². The SMILES string of the molecule is CCNC(=NCc1ccc(F)cc1C(F)(F)F)NCCCCCOC. The highest BCUT2D eigenvalue weighted by Gasteiger charge is 2.33. The first kappa shape index (κ1) is 21.2. The number of ether oxygens (including phenoxy) is 1. The molecule has 0 saturated heterocycles. The smallest absolute Gasteiger partial charge is 0.385 e. The molecule has 0 bridgehead atoms. The Morgan fingerprint density at radius 1 is 1.16 bits per heavy atom. The van der Waals surface area contributed by atoms with E-state index >= 15 is 0 Å². The number of guanidine groups is 1. The second-order valence-corrected chi connectivity index (χ2v) is 5.47. The highest BCUT2D eigenvalue weighted by Crippen LogP contribution is 2.32. The average Bonchev–Trinajstić information content (AvgIpc) is 2.55. The number of nitrogens with zero attached hydrogens (tertiary/aromatic N) is 1. The van der Waals surface area contributed by atoms with Crippen molar-refractivity contribution < 1.29 is 22.3 Å². The standard InChI is InChI=1S/C17H25F4N3O/c1-3-22-16(23-9-5-4-6-10-25-2)24-12-13-7-8-14(18)11-15(13)17(19,20)21/h7-8,11H,3-6,9-10,12H2,1-2H3,(H2,22,23,24). The monoisotopic (exact) mass is 363 g/mol. The summed E-state index contributed by atoms with van der Waals surface area (Å²) in [5.41, 5.74) is -1.06. The maximum absolute atomic E-state index is 13.1. The fourth-order valence-electron chi connectivity index (χ4n) is 2.21. The fourth-order valence-corrected chi connectivity index (χ4v) is 2.21. The molecule has 0 heterocycles. The fraction of sp³-hybridized carbons (Fsp3) is 0.588. The van der Waals surface area contributed by atoms with Crippen molar-refractivity contribution >= 4 is 5.96 Å². The van der Waals surface area contributed by atoms with E-state index in [0.717, 1.165) is 31.4 Å². The Bertz CT molecular complexity index is 547. The first-order valence-electron chi connectivity index (χ1n) is 8.25. The molecule has 1 aromatic carbocycles. The lowest BCUT2D eigenvalue weighted by Crippen LogP contribution is -2.37. The molecule has 4 nitrogen and oxygen atoms in total. The van der Waals surface area contributed by atoms with Gasteiger partial charge in [0.25, 0.3) is 0 Å². The first-order valence-corrected chi connectivity index (χ1v) is 8.25. The Balaban J connectivity index is 2.68. The van der Waals surface area contributed by atoms with Gasteiger partial charge in [0.2, 0.25) is 0 Å². The van der Waals surface area contributed by atoms with Gasteiger partial charge in [-0.25, -0.2) is 9.38 Å². The molecule has 0 saturated carbocycles. The van der Waals surface area contributed by atoms with Gasteiger partial charge in [-0.15, -0.1) is 0 Å². The summed E-state index contributed by atoms with van der Waals surface area (Å²) in [7, 11) is 1.65. The molecular formula is C17H25F4N3O. The van der Waals surface area contributed by atoms with Gasteiger partial charge in [-0.1, -0.05) is 6.07 Å². The summed E-state index contributed by atoms with van der Waals surface area (Å²) in [5.74, 6) is -0.479. The van der Waals surface area contributed by atoms with Crippen LogP contribution >= 0.6 is 0 Å². The molecule has 142 valence electrons. The van der Waals surface area contributed by atoms with E-state index < -0.39 is 17.6 Å². The Hall–Kier alpha value is -1.83. The van der Waals surface area contributed by atoms with Crippen LogP contribution in [0.3, 0.4) is 0 Å². The molecule has 2 N–H and O–H groups in total. The molecule has 0 radical (unpaired) electrons. The maximum Gasteiger partial charge on any atom is 0.416 e. The van der Waals surface area contributed by atoms with Crippen molar-refractivity contribution in [3.63, 3.8) is 0 Å². The predicted octanol–water partition coefficient (Wildman–Crippen LogP) is 3.72. The number of rotatable bonds is 9. The number of unbranched alkanes of at least 4 members (excludes halogenated alkanes) is 2. The summed E-state index contributed by atoms with van der Waals surface area (Å²) in [5, 5.41) is 6.06. The zero-order chi connectivity index (χ0) is 18.7. The maximum atomic E-state index is 13.1. The zero-order valence-corrected chi connectivity index (χ0v) is 14.5. The minimum atomic E-state index is -4.61. The molecule has 0 aliphatic carbocycles. The van der Waals surface area contributed by atoms with Crippen molar-refractivity contribution in [3.8, 4) is 0 Å². The summed E-state index contributed by atoms with van der Waals surface area (Å²) in [6.07, 6.45) is -1.77. The second-order valence-electron chi connectivity index (χ2n) is 5.47. The highest BCUT2D eigenvalue weighted by molar-refractivity contribution is 5.79. The van der Waals surface area contributed by atoms with E-state index in [-0.39, 0.29) is 12.1 Å². The lowest BCUT2D eigenvalue weighted by Gasteiger charge is -2.14. The lowest BCUT2D eigenvalue weighted by atomic mass is 10.1. The molecule has 0 aliphatic rings. The number of benzene rings is 1. The molecule has 1 rings (SSSR count). The summed E-state index contributed by atoms with van der Waals surface area (Å²) in [4.78, 5) is 4.17. The van der Waals surface area contributed by atoms with Crippen LogP contribution in [0, 0.1) is 5.82 Å². The second kappa shape index (κ2) is 10.9. The molecule has 25 heavy (non-hydrogen) atoms. The average molecular weight is 363 g/mol. The van der Waals surface area contributed by atoms with E-state index in [2.05, 4.69) is 15.6 Å². The number of alkyl halides is 3. The largest absolute Gasteiger partial charge is 0.416 e. The lowest BCUT2D eigenvalue weighted by molar-refractivity contribution is -0.138. The number of aliphatic imine (C=N–C) groups is 1. The minimum Gasteiger partial charge on any atom is -0.385 e. The van der Waals surface area contributed by atoms with Crippen molar-refractivity contribution in [2.45, 2.75) is 38.9 Å². The number of hydrogen-bond acceptors (Lipinski definition) is 2. The Morgan fingerprint density at radius 2 is 1.92 bits per heavy atom. The first-order chi connectivity index (χ1) is 11.9. The number of halogens is 4. The van der Waals surface area contributed by atoms with Crippen LogP contribution in [0.15, 0.2) is 23.2 Å². The predicted molar refractivity (Wildman–Crippen MR) is 89.9 cm³/mol. The van der Waals surface area contributed by atoms with Gasteiger partial charge < -0.3 is 15.4 Å². The topological polar surface area (TPSA) is 45.7 Å². The normalized spacial score (nSPS) is 12.3. The van der Waals surface area contributed by atoms with Crippen LogP contribution in [0.1, 0.15) is 37.3 Å². The van der Waals surface area contributed by atoms with Crippen molar-refractivity contribution in [1.29, 1.82) is 0 Å². The third kappa shape index (κ3) is 8.20. The zero-order valence-electron chi connectivity index (χ0n) is 14.5.